The van der Waals surface area contributed by atoms with Crippen LogP contribution in [0.3, 0.4) is 0 Å². The normalized spacial score (nSPS) is 14.0. The fraction of sp³-hybridized carbons (Fsp3) is 0.375. The Labute approximate surface area is 128 Å². The molecule has 1 aliphatic rings. The third kappa shape index (κ3) is 3.42. The van der Waals surface area contributed by atoms with Crippen LogP contribution >= 0.6 is 11.3 Å². The number of nitrogens with zero attached hydrogens (tertiary/aromatic N) is 2. The Hall–Kier alpha value is -1.88. The molecule has 0 bridgehead atoms. The maximum atomic E-state index is 12.7. The largest absolute Gasteiger partial charge is 0.370 e. The van der Waals surface area contributed by atoms with Gasteiger partial charge in [0.05, 0.1) is 5.56 Å². The van der Waals surface area contributed by atoms with Gasteiger partial charge < -0.3 is 10.2 Å². The lowest BCUT2D eigenvalue weighted by atomic mass is 10.2. The van der Waals surface area contributed by atoms with E-state index in [4.69, 9.17) is 0 Å². The van der Waals surface area contributed by atoms with E-state index in [1.54, 1.807) is 17.5 Å². The Morgan fingerprint density at radius 2 is 2.29 bits per heavy atom. The smallest absolute Gasteiger partial charge is 0.255 e. The number of pyridine rings is 1. The Bertz CT molecular complexity index is 590. The maximum absolute atomic E-state index is 12.7. The van der Waals surface area contributed by atoms with Crippen LogP contribution in [-0.4, -0.2) is 28.4 Å². The van der Waals surface area contributed by atoms with Gasteiger partial charge in [-0.25, -0.2) is 4.98 Å². The van der Waals surface area contributed by atoms with E-state index in [1.165, 1.54) is 5.56 Å². The zero-order valence-electron chi connectivity index (χ0n) is 12.1. The van der Waals surface area contributed by atoms with Crippen LogP contribution in [-0.2, 0) is 6.54 Å². The van der Waals surface area contributed by atoms with Crippen molar-refractivity contribution in [1.82, 2.24) is 9.88 Å². The zero-order chi connectivity index (χ0) is 14.7. The number of aromatic nitrogens is 1. The molecule has 0 unspecified atom stereocenters. The van der Waals surface area contributed by atoms with Crippen LogP contribution in [0.5, 0.6) is 0 Å². The molecular formula is C16H19N3OS. The van der Waals surface area contributed by atoms with Crippen LogP contribution in [0.4, 0.5) is 5.82 Å². The Morgan fingerprint density at radius 3 is 2.86 bits per heavy atom. The summed E-state index contributed by atoms with van der Waals surface area (Å²) in [6, 6.07) is 6.20. The summed E-state index contributed by atoms with van der Waals surface area (Å²) >= 11 is 1.67. The summed E-state index contributed by atoms with van der Waals surface area (Å²) in [5.41, 5.74) is 1.87. The van der Waals surface area contributed by atoms with Crippen LogP contribution < -0.4 is 5.32 Å². The number of amides is 1. The molecule has 1 N–H and O–H groups in total. The first-order valence-electron chi connectivity index (χ1n) is 7.30. The van der Waals surface area contributed by atoms with Gasteiger partial charge in [-0.2, -0.15) is 11.3 Å². The molecule has 1 saturated carbocycles. The van der Waals surface area contributed by atoms with Crippen molar-refractivity contribution in [2.45, 2.75) is 32.4 Å². The summed E-state index contributed by atoms with van der Waals surface area (Å²) in [4.78, 5) is 19.0. The molecule has 2 heterocycles. The van der Waals surface area contributed by atoms with E-state index in [2.05, 4.69) is 27.1 Å². The van der Waals surface area contributed by atoms with Crippen molar-refractivity contribution in [3.05, 3.63) is 46.3 Å². The summed E-state index contributed by atoms with van der Waals surface area (Å²) < 4.78 is 0. The molecule has 2 aromatic heterocycles. The molecule has 0 aliphatic heterocycles. The Kier molecular flexibility index (Phi) is 4.20. The summed E-state index contributed by atoms with van der Waals surface area (Å²) in [5.74, 6) is 0.893. The number of anilines is 1. The van der Waals surface area contributed by atoms with Gasteiger partial charge in [0.25, 0.3) is 5.91 Å². The van der Waals surface area contributed by atoms with E-state index in [0.717, 1.165) is 25.2 Å². The van der Waals surface area contributed by atoms with Crippen molar-refractivity contribution in [1.29, 1.82) is 0 Å². The summed E-state index contributed by atoms with van der Waals surface area (Å²) in [5, 5.41) is 7.30. The second-order valence-electron chi connectivity index (χ2n) is 5.26. The van der Waals surface area contributed by atoms with Crippen molar-refractivity contribution in [2.75, 3.05) is 11.9 Å². The SMILES string of the molecule is CCNc1ccc(C(=O)N(Cc2ccsc2)C2CC2)cn1. The first-order chi connectivity index (χ1) is 10.3. The predicted octanol–water partition coefficient (Wildman–Crippen LogP) is 3.38. The molecule has 110 valence electrons. The number of carbonyl (C=O) groups is 1. The lowest BCUT2D eigenvalue weighted by Gasteiger charge is -2.22. The molecule has 1 amide bonds. The molecule has 1 fully saturated rings. The average Bonchev–Trinajstić information content (AvgIpc) is 3.22. The first-order valence-corrected chi connectivity index (χ1v) is 8.24. The van der Waals surface area contributed by atoms with Crippen LogP contribution in [0.25, 0.3) is 0 Å². The van der Waals surface area contributed by atoms with Crippen molar-refractivity contribution in [3.63, 3.8) is 0 Å². The highest BCUT2D eigenvalue weighted by atomic mass is 32.1. The highest BCUT2D eigenvalue weighted by Crippen LogP contribution is 2.30. The molecule has 0 aromatic carbocycles. The van der Waals surface area contributed by atoms with Gasteiger partial charge >= 0.3 is 0 Å². The highest BCUT2D eigenvalue weighted by molar-refractivity contribution is 7.07. The minimum atomic E-state index is 0.0826. The average molecular weight is 301 g/mol. The second-order valence-corrected chi connectivity index (χ2v) is 6.04. The molecule has 0 spiro atoms. The van der Waals surface area contributed by atoms with Gasteiger partial charge in [0.1, 0.15) is 5.82 Å². The lowest BCUT2D eigenvalue weighted by molar-refractivity contribution is 0.0729. The van der Waals surface area contributed by atoms with Crippen LogP contribution in [0.15, 0.2) is 35.2 Å². The van der Waals surface area contributed by atoms with Crippen LogP contribution in [0, 0.1) is 0 Å². The van der Waals surface area contributed by atoms with Gasteiger partial charge in [-0.15, -0.1) is 0 Å². The number of nitrogens with one attached hydrogen (secondary N) is 1. The Balaban J connectivity index is 1.74. The standard InChI is InChI=1S/C16H19N3OS/c1-2-17-15-6-3-13(9-18-15)16(20)19(14-4-5-14)10-12-7-8-21-11-12/h3,6-9,11,14H,2,4-5,10H2,1H3,(H,17,18). The van der Waals surface area contributed by atoms with Gasteiger partial charge in [-0.3, -0.25) is 4.79 Å². The first kappa shape index (κ1) is 14.1. The van der Waals surface area contributed by atoms with E-state index >= 15 is 0 Å². The molecular weight excluding hydrogens is 282 g/mol. The van der Waals surface area contributed by atoms with Gasteiger partial charge in [0.15, 0.2) is 0 Å². The minimum Gasteiger partial charge on any atom is -0.370 e. The van der Waals surface area contributed by atoms with Gasteiger partial charge in [0.2, 0.25) is 0 Å². The summed E-state index contributed by atoms with van der Waals surface area (Å²) in [6.07, 6.45) is 3.89. The summed E-state index contributed by atoms with van der Waals surface area (Å²) in [7, 11) is 0. The van der Waals surface area contributed by atoms with Crippen LogP contribution in [0.2, 0.25) is 0 Å². The molecule has 0 radical (unpaired) electrons. The third-order valence-corrected chi connectivity index (χ3v) is 4.28. The monoisotopic (exact) mass is 301 g/mol. The molecule has 2 aromatic rings. The highest BCUT2D eigenvalue weighted by Gasteiger charge is 2.33. The predicted molar refractivity (Wildman–Crippen MR) is 85.6 cm³/mol. The van der Waals surface area contributed by atoms with Crippen LogP contribution in [0.1, 0.15) is 35.7 Å². The molecule has 1 aliphatic carbocycles. The van der Waals surface area contributed by atoms with Crippen molar-refractivity contribution < 1.29 is 4.79 Å². The van der Waals surface area contributed by atoms with Gasteiger partial charge in [-0.1, -0.05) is 0 Å². The fourth-order valence-corrected chi connectivity index (χ4v) is 2.96. The molecule has 5 heteroatoms. The van der Waals surface area contributed by atoms with Gasteiger partial charge in [-0.05, 0) is 54.3 Å². The molecule has 21 heavy (non-hydrogen) atoms. The Morgan fingerprint density at radius 1 is 1.43 bits per heavy atom. The second kappa shape index (κ2) is 6.26. The lowest BCUT2D eigenvalue weighted by Crippen LogP contribution is -2.32. The third-order valence-electron chi connectivity index (χ3n) is 3.55. The number of rotatable bonds is 6. The number of carbonyl (C=O) groups excluding carboxylic acids is 1. The number of hydrogen-bond donors (Lipinski definition) is 1. The number of hydrogen-bond acceptors (Lipinski definition) is 4. The van der Waals surface area contributed by atoms with Crippen molar-refractivity contribution in [2.24, 2.45) is 0 Å². The van der Waals surface area contributed by atoms with E-state index in [0.29, 0.717) is 18.2 Å². The van der Waals surface area contributed by atoms with E-state index < -0.39 is 0 Å². The quantitative estimate of drug-likeness (QED) is 0.889. The maximum Gasteiger partial charge on any atom is 0.255 e. The molecule has 0 saturated heterocycles. The molecule has 0 atom stereocenters. The van der Waals surface area contributed by atoms with Crippen molar-refractivity contribution in [3.8, 4) is 0 Å². The molecule has 3 rings (SSSR count). The molecule has 4 nitrogen and oxygen atoms in total. The number of thiophene rings is 1. The van der Waals surface area contributed by atoms with E-state index in [9.17, 15) is 4.79 Å². The fourth-order valence-electron chi connectivity index (χ4n) is 2.30. The topological polar surface area (TPSA) is 45.2 Å². The minimum absolute atomic E-state index is 0.0826. The van der Waals surface area contributed by atoms with E-state index in [-0.39, 0.29) is 5.91 Å². The van der Waals surface area contributed by atoms with E-state index in [1.807, 2.05) is 24.0 Å². The zero-order valence-corrected chi connectivity index (χ0v) is 12.9. The van der Waals surface area contributed by atoms with Gasteiger partial charge in [0, 0.05) is 25.3 Å². The summed E-state index contributed by atoms with van der Waals surface area (Å²) in [6.45, 7) is 3.55. The van der Waals surface area contributed by atoms with Crippen molar-refractivity contribution >= 4 is 23.1 Å².